The minimum atomic E-state index is -0.302. The molecular formula is C31H26ClFN4O3. The highest BCUT2D eigenvalue weighted by Crippen LogP contribution is 2.39. The summed E-state index contributed by atoms with van der Waals surface area (Å²) in [6.07, 6.45) is 1.53. The van der Waals surface area contributed by atoms with E-state index in [-0.39, 0.29) is 12.4 Å². The summed E-state index contributed by atoms with van der Waals surface area (Å²) < 4.78 is 30.8. The highest BCUT2D eigenvalue weighted by atomic mass is 35.5. The lowest BCUT2D eigenvalue weighted by Crippen LogP contribution is -2.65. The second-order valence-corrected chi connectivity index (χ2v) is 11.0. The van der Waals surface area contributed by atoms with Gasteiger partial charge >= 0.3 is 0 Å². The highest BCUT2D eigenvalue weighted by Gasteiger charge is 2.48. The van der Waals surface area contributed by atoms with E-state index >= 15 is 0 Å². The van der Waals surface area contributed by atoms with Gasteiger partial charge in [0.25, 0.3) is 0 Å². The van der Waals surface area contributed by atoms with Crippen LogP contribution >= 0.6 is 11.6 Å². The number of furan rings is 1. The smallest absolute Gasteiger partial charge is 0.141 e. The van der Waals surface area contributed by atoms with Gasteiger partial charge in [0.05, 0.1) is 30.3 Å². The van der Waals surface area contributed by atoms with Crippen LogP contribution in [0.15, 0.2) is 83.5 Å². The Kier molecular flexibility index (Phi) is 6.38. The number of rotatable bonds is 8. The van der Waals surface area contributed by atoms with Crippen LogP contribution in [0.2, 0.25) is 5.02 Å². The first-order chi connectivity index (χ1) is 19.5. The molecule has 2 aliphatic heterocycles. The maximum atomic E-state index is 13.5. The lowest BCUT2D eigenvalue weighted by Gasteiger charge is -2.54. The molecular weight excluding hydrogens is 531 g/mol. The molecule has 4 heterocycles. The molecule has 7 rings (SSSR count). The molecule has 0 radical (unpaired) electrons. The predicted molar refractivity (Wildman–Crippen MR) is 151 cm³/mol. The minimum Gasteiger partial charge on any atom is -0.487 e. The number of anilines is 2. The van der Waals surface area contributed by atoms with Gasteiger partial charge in [-0.3, -0.25) is 4.90 Å². The second kappa shape index (κ2) is 10.2. The fourth-order valence-electron chi connectivity index (χ4n) is 5.36. The highest BCUT2D eigenvalue weighted by molar-refractivity contribution is 6.32. The molecule has 0 amide bonds. The summed E-state index contributed by atoms with van der Waals surface area (Å²) >= 11 is 6.50. The summed E-state index contributed by atoms with van der Waals surface area (Å²) in [7, 11) is 0. The molecule has 2 fully saturated rings. The van der Waals surface area contributed by atoms with Crippen molar-refractivity contribution < 1.29 is 18.3 Å². The van der Waals surface area contributed by atoms with Crippen LogP contribution in [-0.4, -0.2) is 41.2 Å². The Hall–Kier alpha value is -3.98. The van der Waals surface area contributed by atoms with Gasteiger partial charge in [-0.2, -0.15) is 0 Å². The summed E-state index contributed by atoms with van der Waals surface area (Å²) in [5.74, 6) is 2.61. The van der Waals surface area contributed by atoms with Crippen molar-refractivity contribution in [2.45, 2.75) is 13.2 Å². The van der Waals surface area contributed by atoms with Gasteiger partial charge in [0.1, 0.15) is 41.8 Å². The van der Waals surface area contributed by atoms with E-state index in [4.69, 9.17) is 25.5 Å². The molecule has 5 aromatic rings. The Balaban J connectivity index is 1.06. The van der Waals surface area contributed by atoms with E-state index in [1.165, 1.54) is 18.5 Å². The quantitative estimate of drug-likeness (QED) is 0.224. The minimum absolute atomic E-state index is 0.214. The molecule has 40 heavy (non-hydrogen) atoms. The molecule has 202 valence electrons. The average molecular weight is 557 g/mol. The number of hydrogen-bond donors (Lipinski definition) is 1. The Morgan fingerprint density at radius 1 is 1.00 bits per heavy atom. The van der Waals surface area contributed by atoms with Gasteiger partial charge in [-0.15, -0.1) is 0 Å². The summed E-state index contributed by atoms with van der Waals surface area (Å²) in [5.41, 5.74) is 3.62. The molecule has 2 saturated heterocycles. The van der Waals surface area contributed by atoms with Crippen molar-refractivity contribution in [2.24, 2.45) is 5.41 Å². The first-order valence-electron chi connectivity index (χ1n) is 13.1. The number of likely N-dealkylation sites (tertiary alicyclic amines) is 1. The van der Waals surface area contributed by atoms with Gasteiger partial charge in [0, 0.05) is 35.1 Å². The second-order valence-electron chi connectivity index (χ2n) is 10.5. The zero-order valence-electron chi connectivity index (χ0n) is 21.6. The molecule has 0 aliphatic carbocycles. The first kappa shape index (κ1) is 25.0. The van der Waals surface area contributed by atoms with Crippen LogP contribution in [0.5, 0.6) is 5.75 Å². The number of aromatic nitrogens is 2. The number of fused-ring (bicyclic) bond motifs is 1. The number of benzene rings is 3. The molecule has 2 aliphatic rings. The molecule has 0 unspecified atom stereocenters. The van der Waals surface area contributed by atoms with Crippen molar-refractivity contribution in [1.82, 2.24) is 14.9 Å². The SMILES string of the molecule is Fc1cccc(COc2ccc(Nc3ncnc4ccc(-c5ccc(CN6CC7(COC7)C6)o5)cc34)cc2Cl)c1. The molecule has 0 bridgehead atoms. The van der Waals surface area contributed by atoms with E-state index < -0.39 is 0 Å². The Morgan fingerprint density at radius 2 is 1.90 bits per heavy atom. The van der Waals surface area contributed by atoms with Crippen molar-refractivity contribution >= 4 is 34.0 Å². The summed E-state index contributed by atoms with van der Waals surface area (Å²) in [6.45, 7) is 4.90. The summed E-state index contributed by atoms with van der Waals surface area (Å²) in [6, 6.07) is 21.8. The van der Waals surface area contributed by atoms with Gasteiger partial charge in [-0.05, 0) is 66.2 Å². The van der Waals surface area contributed by atoms with Crippen molar-refractivity contribution in [2.75, 3.05) is 31.6 Å². The van der Waals surface area contributed by atoms with Crippen LogP contribution in [-0.2, 0) is 17.9 Å². The third kappa shape index (κ3) is 5.01. The van der Waals surface area contributed by atoms with Crippen LogP contribution < -0.4 is 10.1 Å². The molecule has 7 nitrogen and oxygen atoms in total. The predicted octanol–water partition coefficient (Wildman–Crippen LogP) is 6.84. The topological polar surface area (TPSA) is 72.7 Å². The van der Waals surface area contributed by atoms with Crippen molar-refractivity contribution in [3.63, 3.8) is 0 Å². The zero-order valence-corrected chi connectivity index (χ0v) is 22.3. The Labute approximate surface area is 235 Å². The van der Waals surface area contributed by atoms with E-state index in [1.54, 1.807) is 24.3 Å². The Morgan fingerprint density at radius 3 is 2.70 bits per heavy atom. The van der Waals surface area contributed by atoms with Crippen LogP contribution in [0.4, 0.5) is 15.9 Å². The van der Waals surface area contributed by atoms with E-state index in [0.717, 1.165) is 72.1 Å². The van der Waals surface area contributed by atoms with E-state index in [1.807, 2.05) is 36.4 Å². The first-order valence-corrected chi connectivity index (χ1v) is 13.5. The molecule has 3 aromatic carbocycles. The van der Waals surface area contributed by atoms with Crippen LogP contribution in [0.1, 0.15) is 11.3 Å². The molecule has 0 atom stereocenters. The number of hydrogen-bond acceptors (Lipinski definition) is 7. The van der Waals surface area contributed by atoms with Gasteiger partial charge in [0.2, 0.25) is 0 Å². The zero-order chi connectivity index (χ0) is 27.1. The Bertz CT molecular complexity index is 1700. The number of nitrogens with one attached hydrogen (secondary N) is 1. The van der Waals surface area contributed by atoms with Crippen LogP contribution in [0.3, 0.4) is 0 Å². The fraction of sp³-hybridized carbons (Fsp3) is 0.226. The standard InChI is InChI=1S/C31H26ClFN4O3/c32-26-12-23(5-8-29(26)39-14-20-2-1-3-22(33)10-20)36-30-25-11-21(4-7-27(25)34-19-35-30)28-9-6-24(40-28)13-37-15-31(16-37)17-38-18-31/h1-12,19H,13-18H2,(H,34,35,36). The normalized spacial score (nSPS) is 16.1. The third-order valence-corrected chi connectivity index (χ3v) is 7.67. The number of nitrogens with zero attached hydrogens (tertiary/aromatic N) is 3. The summed E-state index contributed by atoms with van der Waals surface area (Å²) in [4.78, 5) is 11.3. The van der Waals surface area contributed by atoms with Crippen molar-refractivity contribution in [3.05, 3.63) is 101 Å². The van der Waals surface area contributed by atoms with Crippen LogP contribution in [0, 0.1) is 11.2 Å². The summed E-state index contributed by atoms with van der Waals surface area (Å²) in [5, 5.41) is 4.64. The lowest BCUT2D eigenvalue weighted by atomic mass is 9.78. The van der Waals surface area contributed by atoms with Gasteiger partial charge in [-0.1, -0.05) is 23.7 Å². The maximum absolute atomic E-state index is 13.5. The van der Waals surface area contributed by atoms with E-state index in [2.05, 4.69) is 20.2 Å². The molecule has 1 N–H and O–H groups in total. The molecule has 1 spiro atoms. The van der Waals surface area contributed by atoms with Gasteiger partial charge < -0.3 is 19.2 Å². The molecule has 9 heteroatoms. The van der Waals surface area contributed by atoms with Gasteiger partial charge in [-0.25, -0.2) is 14.4 Å². The lowest BCUT2D eigenvalue weighted by molar-refractivity contribution is -0.192. The van der Waals surface area contributed by atoms with Crippen molar-refractivity contribution in [3.8, 4) is 17.1 Å². The largest absolute Gasteiger partial charge is 0.487 e. The van der Waals surface area contributed by atoms with E-state index in [0.29, 0.717) is 22.0 Å². The van der Waals surface area contributed by atoms with Crippen molar-refractivity contribution in [1.29, 1.82) is 0 Å². The molecule has 2 aromatic heterocycles. The van der Waals surface area contributed by atoms with Crippen LogP contribution in [0.25, 0.3) is 22.2 Å². The monoisotopic (exact) mass is 556 g/mol. The van der Waals surface area contributed by atoms with Gasteiger partial charge in [0.15, 0.2) is 0 Å². The third-order valence-electron chi connectivity index (χ3n) is 7.37. The maximum Gasteiger partial charge on any atom is 0.141 e. The average Bonchev–Trinajstić information content (AvgIpc) is 3.38. The van der Waals surface area contributed by atoms with E-state index in [9.17, 15) is 4.39 Å². The number of halogens is 2. The number of ether oxygens (including phenoxy) is 2. The fourth-order valence-corrected chi connectivity index (χ4v) is 5.59. The molecule has 0 saturated carbocycles.